The largest absolute Gasteiger partial charge is 0.365 e. The number of nitriles is 1. The van der Waals surface area contributed by atoms with Crippen molar-refractivity contribution in [2.45, 2.75) is 12.8 Å². The first-order valence-corrected chi connectivity index (χ1v) is 4.69. The molecule has 0 atom stereocenters. The maximum atomic E-state index is 11.3. The number of hydrogen-bond acceptors (Lipinski definition) is 5. The maximum Gasteiger partial charge on any atom is 0.183 e. The van der Waals surface area contributed by atoms with E-state index < -0.39 is 0 Å². The molecule has 5 heteroatoms. The van der Waals surface area contributed by atoms with Crippen molar-refractivity contribution in [1.82, 2.24) is 4.98 Å². The molecule has 0 aliphatic rings. The van der Waals surface area contributed by atoms with E-state index in [1.165, 1.54) is 11.3 Å². The van der Waals surface area contributed by atoms with Crippen molar-refractivity contribution in [3.8, 4) is 6.07 Å². The lowest BCUT2D eigenvalue weighted by Gasteiger charge is -1.91. The lowest BCUT2D eigenvalue weighted by Crippen LogP contribution is -1.99. The van der Waals surface area contributed by atoms with Gasteiger partial charge in [-0.3, -0.25) is 4.79 Å². The average molecular weight is 195 g/mol. The van der Waals surface area contributed by atoms with E-state index in [-0.39, 0.29) is 18.6 Å². The summed E-state index contributed by atoms with van der Waals surface area (Å²) in [6, 6.07) is 1.93. The fraction of sp³-hybridized carbons (Fsp3) is 0.375. The predicted octanol–water partition coefficient (Wildman–Crippen LogP) is 1.67. The molecule has 0 fully saturated rings. The van der Waals surface area contributed by atoms with Crippen LogP contribution in [0.3, 0.4) is 0 Å². The lowest BCUT2D eigenvalue weighted by molar-refractivity contribution is 0.0980. The van der Waals surface area contributed by atoms with Gasteiger partial charge in [0.2, 0.25) is 0 Å². The van der Waals surface area contributed by atoms with Crippen molar-refractivity contribution >= 4 is 22.3 Å². The zero-order valence-corrected chi connectivity index (χ0v) is 8.02. The van der Waals surface area contributed by atoms with Crippen LogP contribution in [0.15, 0.2) is 5.38 Å². The second kappa shape index (κ2) is 4.58. The molecule has 1 rings (SSSR count). The molecule has 0 saturated heterocycles. The van der Waals surface area contributed by atoms with Crippen LogP contribution in [0.25, 0.3) is 0 Å². The first-order chi connectivity index (χ1) is 6.27. The highest BCUT2D eigenvalue weighted by molar-refractivity contribution is 7.13. The van der Waals surface area contributed by atoms with Gasteiger partial charge in [-0.05, 0) is 0 Å². The molecule has 4 nitrogen and oxygen atoms in total. The summed E-state index contributed by atoms with van der Waals surface area (Å²) in [5.41, 5.74) is 0.449. The molecule has 0 bridgehead atoms. The van der Waals surface area contributed by atoms with E-state index in [1.807, 2.05) is 6.07 Å². The fourth-order valence-electron chi connectivity index (χ4n) is 0.814. The number of ketones is 1. The molecule has 0 aromatic carbocycles. The van der Waals surface area contributed by atoms with Gasteiger partial charge < -0.3 is 5.32 Å². The number of aromatic nitrogens is 1. The van der Waals surface area contributed by atoms with Crippen LogP contribution in [0.4, 0.5) is 5.13 Å². The van der Waals surface area contributed by atoms with Crippen LogP contribution in [-0.4, -0.2) is 17.8 Å². The molecule has 1 heterocycles. The molecule has 13 heavy (non-hydrogen) atoms. The minimum Gasteiger partial charge on any atom is -0.365 e. The molecule has 0 spiro atoms. The Morgan fingerprint density at radius 3 is 3.15 bits per heavy atom. The van der Waals surface area contributed by atoms with Gasteiger partial charge in [-0.25, -0.2) is 4.98 Å². The number of thiazole rings is 1. The van der Waals surface area contributed by atoms with Gasteiger partial charge in [-0.1, -0.05) is 0 Å². The van der Waals surface area contributed by atoms with Gasteiger partial charge in [0, 0.05) is 25.3 Å². The smallest absolute Gasteiger partial charge is 0.183 e. The van der Waals surface area contributed by atoms with E-state index in [1.54, 1.807) is 12.4 Å². The minimum atomic E-state index is -0.0701. The third-order valence-corrected chi connectivity index (χ3v) is 2.33. The molecular weight excluding hydrogens is 186 g/mol. The summed E-state index contributed by atoms with van der Waals surface area (Å²) in [5, 5.41) is 13.6. The normalized spacial score (nSPS) is 9.23. The first-order valence-electron chi connectivity index (χ1n) is 3.81. The summed E-state index contributed by atoms with van der Waals surface area (Å²) < 4.78 is 0. The average Bonchev–Trinajstić information content (AvgIpc) is 2.62. The standard InChI is InChI=1S/C8H9N3OS/c1-10-8-11-6(5-13-8)7(12)3-2-4-9/h5H,2-3H2,1H3,(H,10,11). The minimum absolute atomic E-state index is 0.0701. The van der Waals surface area contributed by atoms with Crippen LogP contribution in [0, 0.1) is 11.3 Å². The molecule has 0 radical (unpaired) electrons. The molecule has 1 N–H and O–H groups in total. The molecule has 0 saturated carbocycles. The van der Waals surface area contributed by atoms with E-state index in [0.717, 1.165) is 5.13 Å². The summed E-state index contributed by atoms with van der Waals surface area (Å²) in [6.45, 7) is 0. The third-order valence-electron chi connectivity index (χ3n) is 1.47. The molecule has 0 amide bonds. The summed E-state index contributed by atoms with van der Waals surface area (Å²) >= 11 is 1.39. The third kappa shape index (κ3) is 2.53. The Morgan fingerprint density at radius 2 is 2.62 bits per heavy atom. The second-order valence-corrected chi connectivity index (χ2v) is 3.23. The summed E-state index contributed by atoms with van der Waals surface area (Å²) in [7, 11) is 1.75. The molecule has 68 valence electrons. The van der Waals surface area contributed by atoms with Crippen molar-refractivity contribution in [2.24, 2.45) is 0 Å². The number of nitrogens with zero attached hydrogens (tertiary/aromatic N) is 2. The number of hydrogen-bond donors (Lipinski definition) is 1. The zero-order chi connectivity index (χ0) is 9.68. The number of nitrogens with one attached hydrogen (secondary N) is 1. The highest BCUT2D eigenvalue weighted by Gasteiger charge is 2.09. The highest BCUT2D eigenvalue weighted by atomic mass is 32.1. The van der Waals surface area contributed by atoms with Crippen LogP contribution in [0.1, 0.15) is 23.3 Å². The Kier molecular flexibility index (Phi) is 3.41. The number of carbonyl (C=O) groups excluding carboxylic acids is 1. The van der Waals surface area contributed by atoms with Gasteiger partial charge in [0.1, 0.15) is 5.69 Å². The molecule has 1 aromatic rings. The van der Waals surface area contributed by atoms with Crippen LogP contribution in [-0.2, 0) is 0 Å². The summed E-state index contributed by atoms with van der Waals surface area (Å²) in [6.07, 6.45) is 0.509. The van der Waals surface area contributed by atoms with E-state index in [9.17, 15) is 4.79 Å². The Labute approximate surface area is 80.2 Å². The fourth-order valence-corrected chi connectivity index (χ4v) is 1.49. The van der Waals surface area contributed by atoms with E-state index in [4.69, 9.17) is 5.26 Å². The summed E-state index contributed by atoms with van der Waals surface area (Å²) in [4.78, 5) is 15.3. The zero-order valence-electron chi connectivity index (χ0n) is 7.20. The predicted molar refractivity (Wildman–Crippen MR) is 50.8 cm³/mol. The Bertz CT molecular complexity index is 339. The maximum absolute atomic E-state index is 11.3. The van der Waals surface area contributed by atoms with Crippen LogP contribution < -0.4 is 5.32 Å². The monoisotopic (exact) mass is 195 g/mol. The Morgan fingerprint density at radius 1 is 1.85 bits per heavy atom. The van der Waals surface area contributed by atoms with Crippen molar-refractivity contribution in [1.29, 1.82) is 5.26 Å². The first kappa shape index (κ1) is 9.68. The van der Waals surface area contributed by atoms with Gasteiger partial charge in [0.25, 0.3) is 0 Å². The van der Waals surface area contributed by atoms with Crippen molar-refractivity contribution in [3.05, 3.63) is 11.1 Å². The van der Waals surface area contributed by atoms with Gasteiger partial charge in [0.05, 0.1) is 6.07 Å². The van der Waals surface area contributed by atoms with Gasteiger partial charge >= 0.3 is 0 Å². The quantitative estimate of drug-likeness (QED) is 0.742. The topological polar surface area (TPSA) is 65.8 Å². The van der Waals surface area contributed by atoms with Gasteiger partial charge in [0.15, 0.2) is 10.9 Å². The lowest BCUT2D eigenvalue weighted by atomic mass is 10.2. The second-order valence-electron chi connectivity index (χ2n) is 2.37. The number of carbonyl (C=O) groups is 1. The van der Waals surface area contributed by atoms with Gasteiger partial charge in [-0.2, -0.15) is 5.26 Å². The van der Waals surface area contributed by atoms with Crippen LogP contribution in [0.5, 0.6) is 0 Å². The number of anilines is 1. The highest BCUT2D eigenvalue weighted by Crippen LogP contribution is 2.15. The number of Topliss-reactive ketones (excluding diaryl/α,β-unsaturated/α-hetero) is 1. The van der Waals surface area contributed by atoms with Gasteiger partial charge in [-0.15, -0.1) is 11.3 Å². The van der Waals surface area contributed by atoms with Crippen LogP contribution in [0.2, 0.25) is 0 Å². The van der Waals surface area contributed by atoms with E-state index in [0.29, 0.717) is 5.69 Å². The Hall–Kier alpha value is -1.41. The molecular formula is C8H9N3OS. The Balaban J connectivity index is 2.62. The van der Waals surface area contributed by atoms with Crippen molar-refractivity contribution in [2.75, 3.05) is 12.4 Å². The van der Waals surface area contributed by atoms with E-state index in [2.05, 4.69) is 10.3 Å². The molecule has 0 unspecified atom stereocenters. The molecule has 1 aromatic heterocycles. The van der Waals surface area contributed by atoms with E-state index >= 15 is 0 Å². The SMILES string of the molecule is CNc1nc(C(=O)CCC#N)cs1. The van der Waals surface area contributed by atoms with Crippen LogP contribution >= 0.6 is 11.3 Å². The van der Waals surface area contributed by atoms with Crippen molar-refractivity contribution < 1.29 is 4.79 Å². The summed E-state index contributed by atoms with van der Waals surface area (Å²) in [5.74, 6) is -0.0701. The van der Waals surface area contributed by atoms with Crippen molar-refractivity contribution in [3.63, 3.8) is 0 Å². The molecule has 0 aliphatic carbocycles. The number of rotatable bonds is 4. The molecule has 0 aliphatic heterocycles.